The summed E-state index contributed by atoms with van der Waals surface area (Å²) in [6.45, 7) is 0. The molecule has 0 aliphatic carbocycles. The lowest BCUT2D eigenvalue weighted by Gasteiger charge is -1.99. The number of nitrogens with zero attached hydrogens (tertiary/aromatic N) is 5. The molecule has 14 heavy (non-hydrogen) atoms. The lowest BCUT2D eigenvalue weighted by molar-refractivity contribution is 0.379. The standard InChI is InChI=1S/C7H8N6O/c1-14-7-9-2-5(3-10-7)13-4-6(8)11-12-13/h2-4H,8H2,1H3. The molecule has 7 heteroatoms. The minimum absolute atomic E-state index is 0.307. The SMILES string of the molecule is COc1ncc(-n2cc(N)nn2)cn1. The third-order valence-corrected chi connectivity index (χ3v) is 1.57. The van der Waals surface area contributed by atoms with Crippen molar-refractivity contribution in [3.05, 3.63) is 18.6 Å². The van der Waals surface area contributed by atoms with E-state index in [9.17, 15) is 0 Å². The van der Waals surface area contributed by atoms with Gasteiger partial charge < -0.3 is 10.5 Å². The molecule has 0 aliphatic heterocycles. The molecule has 7 nitrogen and oxygen atoms in total. The maximum atomic E-state index is 5.41. The molecule has 2 N–H and O–H groups in total. The van der Waals surface area contributed by atoms with Crippen molar-refractivity contribution < 1.29 is 4.74 Å². The Labute approximate surface area is 79.5 Å². The predicted molar refractivity (Wildman–Crippen MR) is 47.9 cm³/mol. The van der Waals surface area contributed by atoms with Crippen LogP contribution in [-0.4, -0.2) is 32.1 Å². The number of anilines is 1. The molecular formula is C7H8N6O. The number of ether oxygens (including phenoxy) is 1. The van der Waals surface area contributed by atoms with Crippen molar-refractivity contribution >= 4 is 5.82 Å². The van der Waals surface area contributed by atoms with E-state index in [1.807, 2.05) is 0 Å². The monoisotopic (exact) mass is 192 g/mol. The van der Waals surface area contributed by atoms with Gasteiger partial charge in [0.25, 0.3) is 0 Å². The lowest BCUT2D eigenvalue weighted by Crippen LogP contribution is -1.98. The van der Waals surface area contributed by atoms with Gasteiger partial charge in [0.15, 0.2) is 5.82 Å². The Morgan fingerprint density at radius 3 is 2.57 bits per heavy atom. The average molecular weight is 192 g/mol. The summed E-state index contributed by atoms with van der Waals surface area (Å²) >= 11 is 0. The molecule has 0 bridgehead atoms. The second kappa shape index (κ2) is 3.29. The van der Waals surface area contributed by atoms with Gasteiger partial charge in [0, 0.05) is 0 Å². The van der Waals surface area contributed by atoms with Gasteiger partial charge in [-0.15, -0.1) is 5.10 Å². The fourth-order valence-electron chi connectivity index (χ4n) is 0.936. The molecule has 0 aromatic carbocycles. The van der Waals surface area contributed by atoms with Crippen LogP contribution in [0, 0.1) is 0 Å². The summed E-state index contributed by atoms with van der Waals surface area (Å²) in [5.74, 6) is 0.348. The third-order valence-electron chi connectivity index (χ3n) is 1.57. The fraction of sp³-hybridized carbons (Fsp3) is 0.143. The van der Waals surface area contributed by atoms with Crippen molar-refractivity contribution in [2.45, 2.75) is 0 Å². The van der Waals surface area contributed by atoms with Gasteiger partial charge in [-0.1, -0.05) is 5.21 Å². The van der Waals surface area contributed by atoms with Crippen molar-refractivity contribution in [1.29, 1.82) is 0 Å². The van der Waals surface area contributed by atoms with E-state index in [0.29, 0.717) is 17.5 Å². The number of rotatable bonds is 2. The van der Waals surface area contributed by atoms with E-state index in [1.54, 1.807) is 18.6 Å². The lowest BCUT2D eigenvalue weighted by atomic mass is 10.5. The molecule has 0 unspecified atom stereocenters. The summed E-state index contributed by atoms with van der Waals surface area (Å²) in [4.78, 5) is 7.84. The van der Waals surface area contributed by atoms with Gasteiger partial charge in [0.1, 0.15) is 5.69 Å². The van der Waals surface area contributed by atoms with Gasteiger partial charge in [0.2, 0.25) is 0 Å². The van der Waals surface area contributed by atoms with Gasteiger partial charge in [-0.2, -0.15) is 0 Å². The Morgan fingerprint density at radius 2 is 2.07 bits per heavy atom. The maximum absolute atomic E-state index is 5.41. The molecule has 0 aliphatic rings. The molecule has 0 saturated carbocycles. The van der Waals surface area contributed by atoms with Crippen molar-refractivity contribution in [2.75, 3.05) is 12.8 Å². The fourth-order valence-corrected chi connectivity index (χ4v) is 0.936. The highest BCUT2D eigenvalue weighted by atomic mass is 16.5. The van der Waals surface area contributed by atoms with Gasteiger partial charge in [-0.3, -0.25) is 0 Å². The van der Waals surface area contributed by atoms with E-state index in [-0.39, 0.29) is 0 Å². The molecule has 0 atom stereocenters. The van der Waals surface area contributed by atoms with Crippen LogP contribution in [0.25, 0.3) is 5.69 Å². The Bertz CT molecular complexity index is 422. The molecule has 0 fully saturated rings. The Kier molecular flexibility index (Phi) is 1.98. The van der Waals surface area contributed by atoms with Crippen molar-refractivity contribution in [2.24, 2.45) is 0 Å². The molecule has 2 rings (SSSR count). The molecule has 72 valence electrons. The van der Waals surface area contributed by atoms with Crippen LogP contribution >= 0.6 is 0 Å². The molecule has 0 saturated heterocycles. The molecule has 0 amide bonds. The predicted octanol–water partition coefficient (Wildman–Crippen LogP) is -0.352. The normalized spacial score (nSPS) is 10.1. The molecule has 2 aromatic rings. The summed E-state index contributed by atoms with van der Waals surface area (Å²) in [6, 6.07) is 0.307. The van der Waals surface area contributed by atoms with E-state index in [4.69, 9.17) is 10.5 Å². The second-order valence-corrected chi connectivity index (χ2v) is 2.52. The van der Waals surface area contributed by atoms with Crippen LogP contribution in [0.2, 0.25) is 0 Å². The highest BCUT2D eigenvalue weighted by molar-refractivity contribution is 5.30. The van der Waals surface area contributed by atoms with Crippen molar-refractivity contribution in [3.8, 4) is 11.7 Å². The van der Waals surface area contributed by atoms with Gasteiger partial charge in [0.05, 0.1) is 25.7 Å². The zero-order chi connectivity index (χ0) is 9.97. The minimum atomic E-state index is 0.307. The maximum Gasteiger partial charge on any atom is 0.316 e. The number of nitrogen functional groups attached to an aromatic ring is 1. The molecule has 0 spiro atoms. The summed E-state index contributed by atoms with van der Waals surface area (Å²) < 4.78 is 6.30. The van der Waals surface area contributed by atoms with Crippen LogP contribution in [0.15, 0.2) is 18.6 Å². The van der Waals surface area contributed by atoms with Gasteiger partial charge in [-0.05, 0) is 0 Å². The van der Waals surface area contributed by atoms with Crippen LogP contribution in [0.5, 0.6) is 6.01 Å². The Hall–Kier alpha value is -2.18. The first kappa shape index (κ1) is 8.42. The van der Waals surface area contributed by atoms with E-state index in [2.05, 4.69) is 20.3 Å². The van der Waals surface area contributed by atoms with E-state index in [0.717, 1.165) is 0 Å². The third kappa shape index (κ3) is 1.47. The van der Waals surface area contributed by atoms with Crippen LogP contribution in [-0.2, 0) is 0 Å². The quantitative estimate of drug-likeness (QED) is 0.699. The highest BCUT2D eigenvalue weighted by Crippen LogP contribution is 2.06. The molecule has 2 aromatic heterocycles. The number of hydrogen-bond donors (Lipinski definition) is 1. The average Bonchev–Trinajstić information content (AvgIpc) is 2.65. The highest BCUT2D eigenvalue weighted by Gasteiger charge is 2.01. The minimum Gasteiger partial charge on any atom is -0.467 e. The van der Waals surface area contributed by atoms with Gasteiger partial charge in [-0.25, -0.2) is 14.6 Å². The van der Waals surface area contributed by atoms with Crippen molar-refractivity contribution in [3.63, 3.8) is 0 Å². The summed E-state index contributed by atoms with van der Waals surface area (Å²) in [5, 5.41) is 7.40. The first-order valence-electron chi connectivity index (χ1n) is 3.84. The largest absolute Gasteiger partial charge is 0.467 e. The first-order chi connectivity index (χ1) is 6.79. The van der Waals surface area contributed by atoms with Crippen LogP contribution in [0.3, 0.4) is 0 Å². The zero-order valence-corrected chi connectivity index (χ0v) is 7.45. The van der Waals surface area contributed by atoms with E-state index in [1.165, 1.54) is 11.8 Å². The topological polar surface area (TPSA) is 91.7 Å². The smallest absolute Gasteiger partial charge is 0.316 e. The molecule has 0 radical (unpaired) electrons. The van der Waals surface area contributed by atoms with E-state index < -0.39 is 0 Å². The number of nitrogens with two attached hydrogens (primary N) is 1. The number of methoxy groups -OCH3 is 1. The second-order valence-electron chi connectivity index (χ2n) is 2.52. The number of aromatic nitrogens is 5. The van der Waals surface area contributed by atoms with Crippen LogP contribution in [0.1, 0.15) is 0 Å². The summed E-state index contributed by atoms with van der Waals surface area (Å²) in [6.07, 6.45) is 4.71. The Morgan fingerprint density at radius 1 is 1.36 bits per heavy atom. The number of hydrogen-bond acceptors (Lipinski definition) is 6. The molecule has 2 heterocycles. The first-order valence-corrected chi connectivity index (χ1v) is 3.84. The summed E-state index contributed by atoms with van der Waals surface area (Å²) in [5.41, 5.74) is 6.09. The zero-order valence-electron chi connectivity index (χ0n) is 7.45. The Balaban J connectivity index is 2.33. The van der Waals surface area contributed by atoms with Crippen molar-refractivity contribution in [1.82, 2.24) is 25.0 Å². The van der Waals surface area contributed by atoms with E-state index >= 15 is 0 Å². The summed E-state index contributed by atoms with van der Waals surface area (Å²) in [7, 11) is 1.50. The van der Waals surface area contributed by atoms with Crippen LogP contribution < -0.4 is 10.5 Å². The van der Waals surface area contributed by atoms with Crippen LogP contribution in [0.4, 0.5) is 5.82 Å². The van der Waals surface area contributed by atoms with Gasteiger partial charge >= 0.3 is 6.01 Å². The molecular weight excluding hydrogens is 184 g/mol.